The van der Waals surface area contributed by atoms with Gasteiger partial charge in [0.25, 0.3) is 0 Å². The van der Waals surface area contributed by atoms with Crippen LogP contribution in [0.4, 0.5) is 0 Å². The van der Waals surface area contributed by atoms with E-state index in [9.17, 15) is 0 Å². The molecule has 88 valence electrons. The molecule has 0 saturated carbocycles. The number of hydrogen-bond donors (Lipinski definition) is 1. The summed E-state index contributed by atoms with van der Waals surface area (Å²) < 4.78 is 0. The Morgan fingerprint density at radius 2 is 1.67 bits per heavy atom. The van der Waals surface area contributed by atoms with E-state index >= 15 is 0 Å². The first kappa shape index (κ1) is 11.4. The Hall–Kier alpha value is -0.120. The van der Waals surface area contributed by atoms with E-state index in [1.807, 2.05) is 0 Å². The lowest BCUT2D eigenvalue weighted by Gasteiger charge is -2.27. The van der Waals surface area contributed by atoms with Gasteiger partial charge >= 0.3 is 0 Å². The summed E-state index contributed by atoms with van der Waals surface area (Å²) in [6.07, 6.45) is 6.79. The van der Waals surface area contributed by atoms with Crippen LogP contribution in [0.25, 0.3) is 0 Å². The summed E-state index contributed by atoms with van der Waals surface area (Å²) in [7, 11) is 0. The lowest BCUT2D eigenvalue weighted by molar-refractivity contribution is 0.211. The lowest BCUT2D eigenvalue weighted by atomic mass is 10.1. The van der Waals surface area contributed by atoms with Crippen molar-refractivity contribution in [3.8, 4) is 0 Å². The van der Waals surface area contributed by atoms with Gasteiger partial charge < -0.3 is 15.5 Å². The van der Waals surface area contributed by atoms with Crippen molar-refractivity contribution < 1.29 is 0 Å². The fourth-order valence-corrected chi connectivity index (χ4v) is 2.77. The minimum absolute atomic E-state index is 0.444. The molecule has 0 aromatic carbocycles. The Morgan fingerprint density at radius 3 is 2.33 bits per heavy atom. The van der Waals surface area contributed by atoms with Gasteiger partial charge in [-0.05, 0) is 58.4 Å². The fraction of sp³-hybridized carbons (Fsp3) is 1.00. The summed E-state index contributed by atoms with van der Waals surface area (Å²) in [6, 6.07) is 0.444. The zero-order chi connectivity index (χ0) is 10.5. The lowest BCUT2D eigenvalue weighted by Crippen LogP contribution is -2.33. The van der Waals surface area contributed by atoms with Crippen molar-refractivity contribution in [3.63, 3.8) is 0 Å². The van der Waals surface area contributed by atoms with E-state index in [4.69, 9.17) is 5.73 Å². The Kier molecular flexibility index (Phi) is 4.42. The summed E-state index contributed by atoms with van der Waals surface area (Å²) >= 11 is 0. The van der Waals surface area contributed by atoms with Crippen LogP contribution in [0.2, 0.25) is 0 Å². The normalized spacial score (nSPS) is 29.8. The third-order valence-electron chi connectivity index (χ3n) is 3.71. The largest absolute Gasteiger partial charge is 0.326 e. The SMILES string of the molecule is N[C@H]1CCN(CCCN2CCCCC2)C1. The number of hydrogen-bond acceptors (Lipinski definition) is 3. The first-order chi connectivity index (χ1) is 7.34. The molecule has 2 rings (SSSR count). The van der Waals surface area contributed by atoms with Gasteiger partial charge in [-0.3, -0.25) is 0 Å². The van der Waals surface area contributed by atoms with Crippen LogP contribution in [0.5, 0.6) is 0 Å². The highest BCUT2D eigenvalue weighted by atomic mass is 15.2. The van der Waals surface area contributed by atoms with Crippen LogP contribution in [-0.2, 0) is 0 Å². The molecule has 2 aliphatic heterocycles. The number of nitrogens with two attached hydrogens (primary N) is 1. The zero-order valence-electron chi connectivity index (χ0n) is 9.83. The van der Waals surface area contributed by atoms with Gasteiger partial charge in [-0.15, -0.1) is 0 Å². The van der Waals surface area contributed by atoms with E-state index in [1.165, 1.54) is 64.8 Å². The van der Waals surface area contributed by atoms with E-state index in [0.717, 1.165) is 6.54 Å². The first-order valence-corrected chi connectivity index (χ1v) is 6.55. The molecule has 2 heterocycles. The van der Waals surface area contributed by atoms with Gasteiger partial charge in [0, 0.05) is 12.6 Å². The molecule has 0 amide bonds. The summed E-state index contributed by atoms with van der Waals surface area (Å²) in [4.78, 5) is 5.15. The average molecular weight is 211 g/mol. The van der Waals surface area contributed by atoms with E-state index in [-0.39, 0.29) is 0 Å². The van der Waals surface area contributed by atoms with Crippen LogP contribution in [-0.4, -0.2) is 55.1 Å². The molecule has 3 heteroatoms. The van der Waals surface area contributed by atoms with Crippen molar-refractivity contribution in [2.45, 2.75) is 38.1 Å². The standard InChI is InChI=1S/C12H25N3/c13-12-5-10-15(11-12)9-4-8-14-6-2-1-3-7-14/h12H,1-11,13H2/t12-/m0/s1. The van der Waals surface area contributed by atoms with Crippen molar-refractivity contribution in [1.29, 1.82) is 0 Å². The molecule has 0 aliphatic carbocycles. The molecular weight excluding hydrogens is 186 g/mol. The molecule has 2 fully saturated rings. The Balaban J connectivity index is 1.54. The highest BCUT2D eigenvalue weighted by Gasteiger charge is 2.18. The molecule has 0 aromatic heterocycles. The smallest absolute Gasteiger partial charge is 0.0180 e. The monoisotopic (exact) mass is 211 g/mol. The molecule has 15 heavy (non-hydrogen) atoms. The molecule has 0 aromatic rings. The number of rotatable bonds is 4. The summed E-state index contributed by atoms with van der Waals surface area (Å²) in [6.45, 7) is 7.57. The molecule has 2 saturated heterocycles. The average Bonchev–Trinajstić information content (AvgIpc) is 2.66. The van der Waals surface area contributed by atoms with Gasteiger partial charge in [-0.25, -0.2) is 0 Å². The Labute approximate surface area is 93.6 Å². The van der Waals surface area contributed by atoms with Crippen LogP contribution in [0.15, 0.2) is 0 Å². The van der Waals surface area contributed by atoms with Gasteiger partial charge in [0.1, 0.15) is 0 Å². The Morgan fingerprint density at radius 1 is 0.933 bits per heavy atom. The molecule has 2 N–H and O–H groups in total. The van der Waals surface area contributed by atoms with Crippen molar-refractivity contribution in [2.75, 3.05) is 39.3 Å². The van der Waals surface area contributed by atoms with Crippen LogP contribution in [0, 0.1) is 0 Å². The van der Waals surface area contributed by atoms with E-state index < -0.39 is 0 Å². The first-order valence-electron chi connectivity index (χ1n) is 6.55. The number of likely N-dealkylation sites (tertiary alicyclic amines) is 2. The highest BCUT2D eigenvalue weighted by Crippen LogP contribution is 2.10. The van der Waals surface area contributed by atoms with E-state index in [2.05, 4.69) is 9.80 Å². The van der Waals surface area contributed by atoms with Crippen LogP contribution in [0.3, 0.4) is 0 Å². The van der Waals surface area contributed by atoms with E-state index in [1.54, 1.807) is 0 Å². The summed E-state index contributed by atoms with van der Waals surface area (Å²) in [5.41, 5.74) is 5.89. The molecular formula is C12H25N3. The van der Waals surface area contributed by atoms with Gasteiger partial charge in [-0.2, -0.15) is 0 Å². The highest BCUT2D eigenvalue weighted by molar-refractivity contribution is 4.77. The van der Waals surface area contributed by atoms with Crippen LogP contribution >= 0.6 is 0 Å². The second kappa shape index (κ2) is 5.83. The second-order valence-corrected chi connectivity index (χ2v) is 5.11. The summed E-state index contributed by atoms with van der Waals surface area (Å²) in [5.74, 6) is 0. The molecule has 0 bridgehead atoms. The third-order valence-corrected chi connectivity index (χ3v) is 3.71. The molecule has 2 aliphatic rings. The minimum Gasteiger partial charge on any atom is -0.326 e. The van der Waals surface area contributed by atoms with Gasteiger partial charge in [0.2, 0.25) is 0 Å². The van der Waals surface area contributed by atoms with Gasteiger partial charge in [0.05, 0.1) is 0 Å². The topological polar surface area (TPSA) is 32.5 Å². The molecule has 0 unspecified atom stereocenters. The predicted octanol–water partition coefficient (Wildman–Crippen LogP) is 0.895. The molecule has 0 spiro atoms. The van der Waals surface area contributed by atoms with Crippen molar-refractivity contribution in [3.05, 3.63) is 0 Å². The van der Waals surface area contributed by atoms with E-state index in [0.29, 0.717) is 6.04 Å². The van der Waals surface area contributed by atoms with Crippen molar-refractivity contribution in [2.24, 2.45) is 5.73 Å². The third kappa shape index (κ3) is 3.74. The van der Waals surface area contributed by atoms with Crippen LogP contribution in [0.1, 0.15) is 32.1 Å². The van der Waals surface area contributed by atoms with Gasteiger partial charge in [-0.1, -0.05) is 6.42 Å². The maximum Gasteiger partial charge on any atom is 0.0180 e. The fourth-order valence-electron chi connectivity index (χ4n) is 2.77. The number of piperidine rings is 1. The summed E-state index contributed by atoms with van der Waals surface area (Å²) in [5, 5.41) is 0. The molecule has 3 nitrogen and oxygen atoms in total. The minimum atomic E-state index is 0.444. The second-order valence-electron chi connectivity index (χ2n) is 5.11. The molecule has 1 atom stereocenters. The maximum absolute atomic E-state index is 5.89. The molecule has 0 radical (unpaired) electrons. The number of nitrogens with zero attached hydrogens (tertiary/aromatic N) is 2. The quantitative estimate of drug-likeness (QED) is 0.750. The van der Waals surface area contributed by atoms with Crippen LogP contribution < -0.4 is 5.73 Å². The van der Waals surface area contributed by atoms with Crippen molar-refractivity contribution >= 4 is 0 Å². The zero-order valence-corrected chi connectivity index (χ0v) is 9.83. The Bertz CT molecular complexity index is 173. The van der Waals surface area contributed by atoms with Crippen molar-refractivity contribution in [1.82, 2.24) is 9.80 Å². The predicted molar refractivity (Wildman–Crippen MR) is 63.9 cm³/mol. The van der Waals surface area contributed by atoms with Gasteiger partial charge in [0.15, 0.2) is 0 Å². The maximum atomic E-state index is 5.89.